The summed E-state index contributed by atoms with van der Waals surface area (Å²) in [5, 5.41) is 8.99. The van der Waals surface area contributed by atoms with Gasteiger partial charge in [0.1, 0.15) is 24.7 Å². The lowest BCUT2D eigenvalue weighted by molar-refractivity contribution is -0.197. The van der Waals surface area contributed by atoms with Crippen LogP contribution in [0.15, 0.2) is 30.3 Å². The molecule has 2 saturated carbocycles. The Morgan fingerprint density at radius 1 is 0.889 bits per heavy atom. The van der Waals surface area contributed by atoms with Crippen molar-refractivity contribution in [3.05, 3.63) is 35.9 Å². The van der Waals surface area contributed by atoms with Crippen LogP contribution in [0, 0.1) is 11.8 Å². The van der Waals surface area contributed by atoms with Crippen molar-refractivity contribution < 1.29 is 56.0 Å². The van der Waals surface area contributed by atoms with E-state index in [0.29, 0.717) is 44.6 Å². The first-order valence-electron chi connectivity index (χ1n) is 18.3. The smallest absolute Gasteiger partial charge is 0.425 e. The second-order valence-electron chi connectivity index (χ2n) is 14.1. The normalized spacial score (nSPS) is 20.0. The van der Waals surface area contributed by atoms with Crippen LogP contribution in [-0.4, -0.2) is 102 Å². The number of ether oxygens (including phenoxy) is 1. The van der Waals surface area contributed by atoms with Gasteiger partial charge in [0.15, 0.2) is 6.10 Å². The van der Waals surface area contributed by atoms with Crippen molar-refractivity contribution in [3.63, 3.8) is 0 Å². The highest BCUT2D eigenvalue weighted by atomic mass is 19.4. The van der Waals surface area contributed by atoms with Gasteiger partial charge in [-0.15, -0.1) is 0 Å². The summed E-state index contributed by atoms with van der Waals surface area (Å²) in [6, 6.07) is 2.92. The molecular weight excluding hydrogens is 720 g/mol. The van der Waals surface area contributed by atoms with Gasteiger partial charge in [0.25, 0.3) is 0 Å². The number of hydrogen-bond donors (Lipinski definition) is 4. The number of likely N-dealkylation sites (tertiary alicyclic amines) is 1. The molecule has 1 aliphatic heterocycles. The van der Waals surface area contributed by atoms with E-state index in [1.54, 1.807) is 30.3 Å². The molecule has 5 atom stereocenters. The first-order valence-corrected chi connectivity index (χ1v) is 18.3. The molecule has 3 fully saturated rings. The minimum Gasteiger partial charge on any atom is -0.437 e. The number of nitrogens with one attached hydrogen (secondary N) is 4. The van der Waals surface area contributed by atoms with E-state index in [2.05, 4.69) is 26.0 Å². The molecule has 1 heterocycles. The maximum atomic E-state index is 15.2. The van der Waals surface area contributed by atoms with Crippen molar-refractivity contribution in [1.29, 1.82) is 0 Å². The molecule has 6 amide bonds. The van der Waals surface area contributed by atoms with Gasteiger partial charge in [-0.25, -0.2) is 4.79 Å². The Kier molecular flexibility index (Phi) is 14.8. The highest BCUT2D eigenvalue weighted by Crippen LogP contribution is 2.32. The number of alkyl halides is 3. The zero-order valence-electron chi connectivity index (χ0n) is 30.3. The molecule has 0 bridgehead atoms. The van der Waals surface area contributed by atoms with Crippen LogP contribution in [0.3, 0.4) is 0 Å². The predicted molar refractivity (Wildman–Crippen MR) is 183 cm³/mol. The summed E-state index contributed by atoms with van der Waals surface area (Å²) in [5.74, 6) is -6.69. The number of benzene rings is 1. The topological polar surface area (TPSA) is 183 Å². The molecule has 298 valence electrons. The lowest BCUT2D eigenvalue weighted by Crippen LogP contribution is -2.58. The van der Waals surface area contributed by atoms with Crippen LogP contribution >= 0.6 is 0 Å². The first kappa shape index (κ1) is 42.0. The Hall–Kier alpha value is -4.77. The van der Waals surface area contributed by atoms with Gasteiger partial charge in [0.05, 0.1) is 6.04 Å². The van der Waals surface area contributed by atoms with Crippen LogP contribution in [0.2, 0.25) is 0 Å². The van der Waals surface area contributed by atoms with Gasteiger partial charge in [0.2, 0.25) is 29.4 Å². The average Bonchev–Trinajstić information content (AvgIpc) is 3.63. The molecule has 1 aromatic carbocycles. The quantitative estimate of drug-likeness (QED) is 0.119. The fraction of sp³-hybridized carbons (Fsp3) is 0.639. The third kappa shape index (κ3) is 11.1. The summed E-state index contributed by atoms with van der Waals surface area (Å²) < 4.78 is 58.9. The van der Waals surface area contributed by atoms with Crippen molar-refractivity contribution in [2.24, 2.45) is 11.8 Å². The van der Waals surface area contributed by atoms with E-state index in [1.165, 1.54) is 11.9 Å². The van der Waals surface area contributed by atoms with Gasteiger partial charge in [-0.2, -0.15) is 18.3 Å². The molecule has 5 unspecified atom stereocenters. The molecule has 0 aromatic heterocycles. The largest absolute Gasteiger partial charge is 0.437 e. The minimum absolute atomic E-state index is 0.000740. The minimum atomic E-state index is -4.82. The zero-order chi connectivity index (χ0) is 39.6. The molecule has 0 radical (unpaired) electrons. The second kappa shape index (κ2) is 19.0. The number of ketones is 1. The van der Waals surface area contributed by atoms with Crippen LogP contribution in [0.25, 0.3) is 0 Å². The number of carbonyl (C=O) groups excluding carboxylic acids is 7. The number of nitrogens with zero attached hydrogens (tertiary/aromatic N) is 2. The number of hydrogen-bond acceptors (Lipinski definition) is 8. The van der Waals surface area contributed by atoms with Crippen molar-refractivity contribution >= 4 is 41.4 Å². The molecule has 1 saturated heterocycles. The average molecular weight is 769 g/mol. The van der Waals surface area contributed by atoms with Crippen molar-refractivity contribution in [2.45, 2.75) is 114 Å². The number of likely N-dealkylation sites (N-methyl/N-ethyl adjacent to an activating group) is 1. The zero-order valence-corrected chi connectivity index (χ0v) is 30.3. The molecule has 54 heavy (non-hydrogen) atoms. The molecule has 4 rings (SSSR count). The number of amides is 6. The Labute approximate surface area is 310 Å². The molecule has 0 spiro atoms. The van der Waals surface area contributed by atoms with Crippen LogP contribution in [0.5, 0.6) is 0 Å². The van der Waals surface area contributed by atoms with Crippen LogP contribution in [-0.2, 0) is 33.5 Å². The molecule has 18 heteroatoms. The monoisotopic (exact) mass is 768 g/mol. The van der Waals surface area contributed by atoms with Gasteiger partial charge < -0.3 is 30.9 Å². The van der Waals surface area contributed by atoms with Gasteiger partial charge in [0, 0.05) is 13.6 Å². The van der Waals surface area contributed by atoms with Crippen LogP contribution in [0.1, 0.15) is 89.2 Å². The standard InChI is InChI=1S/C36H48F4N6O8/c1-21(36(37,38)39)54-35(53)44-29(24-15-7-4-8-16-24)33(51)45-18-10-17-26(45)31(49)42-25(19-22-11-9-12-22)30(48)34(52)46(40)20-27(47)43-28(32(50)41-2)23-13-5-3-6-14-23/h3,5-6,13-14,21-22,24-26,28-29H,4,7-12,15-20H2,1-2H3,(H,41,50)(H,42,49)(H,43,47)(H,44,53). The van der Waals surface area contributed by atoms with E-state index < -0.39 is 95.4 Å². The van der Waals surface area contributed by atoms with Gasteiger partial charge in [-0.05, 0) is 56.4 Å². The Morgan fingerprint density at radius 2 is 1.56 bits per heavy atom. The van der Waals surface area contributed by atoms with Gasteiger partial charge >= 0.3 is 18.2 Å². The van der Waals surface area contributed by atoms with Gasteiger partial charge in [-0.1, -0.05) is 73.3 Å². The first-order chi connectivity index (χ1) is 25.6. The van der Waals surface area contributed by atoms with Crippen LogP contribution in [0.4, 0.5) is 22.4 Å². The fourth-order valence-electron chi connectivity index (χ4n) is 7.04. The molecular formula is C36H48F4N6O8. The number of alkyl carbamates (subject to hydrolysis) is 1. The summed E-state index contributed by atoms with van der Waals surface area (Å²) in [6.07, 6.45) is -2.60. The summed E-state index contributed by atoms with van der Waals surface area (Å²) >= 11 is 0. The Morgan fingerprint density at radius 3 is 2.15 bits per heavy atom. The summed E-state index contributed by atoms with van der Waals surface area (Å²) in [5.41, 5.74) is 0.387. The third-order valence-electron chi connectivity index (χ3n) is 10.3. The lowest BCUT2D eigenvalue weighted by atomic mass is 9.80. The van der Waals surface area contributed by atoms with Crippen molar-refractivity contribution in [2.75, 3.05) is 20.1 Å². The van der Waals surface area contributed by atoms with E-state index in [1.807, 2.05) is 0 Å². The van der Waals surface area contributed by atoms with Crippen molar-refractivity contribution in [3.8, 4) is 0 Å². The molecule has 1 aromatic rings. The molecule has 4 N–H and O–H groups in total. The SMILES string of the molecule is CNC(=O)C(NC(=O)CN(F)C(=O)C(=O)C(CC1CCC1)NC(=O)C1CCCN1C(=O)C(NC(=O)OC(C)C(F)(F)F)C1CCCCC1)c1ccccc1. The summed E-state index contributed by atoms with van der Waals surface area (Å²) in [7, 11) is 1.34. The Bertz CT molecular complexity index is 1520. The second-order valence-corrected chi connectivity index (χ2v) is 14.1. The molecule has 14 nitrogen and oxygen atoms in total. The molecule has 3 aliphatic rings. The maximum absolute atomic E-state index is 15.2. The molecule has 2 aliphatic carbocycles. The predicted octanol–water partition coefficient (Wildman–Crippen LogP) is 3.16. The number of carbonyl (C=O) groups is 7. The van der Waals surface area contributed by atoms with E-state index in [9.17, 15) is 46.7 Å². The lowest BCUT2D eigenvalue weighted by Gasteiger charge is -2.35. The van der Waals surface area contributed by atoms with E-state index in [-0.39, 0.29) is 25.3 Å². The van der Waals surface area contributed by atoms with Gasteiger partial charge in [-0.3, -0.25) is 28.8 Å². The van der Waals surface area contributed by atoms with Crippen molar-refractivity contribution in [1.82, 2.24) is 31.3 Å². The van der Waals surface area contributed by atoms with E-state index >= 15 is 4.48 Å². The number of halogens is 4. The highest BCUT2D eigenvalue weighted by molar-refractivity contribution is 6.38. The number of Topliss-reactive ketones (excluding diaryl/α,β-unsaturated/α-hetero) is 1. The third-order valence-corrected chi connectivity index (χ3v) is 10.3. The highest BCUT2D eigenvalue weighted by Gasteiger charge is 2.44. The Balaban J connectivity index is 1.44. The summed E-state index contributed by atoms with van der Waals surface area (Å²) in [4.78, 5) is 93.1. The number of rotatable bonds is 15. The van der Waals surface area contributed by atoms with E-state index in [4.69, 9.17) is 0 Å². The van der Waals surface area contributed by atoms with E-state index in [0.717, 1.165) is 25.7 Å². The van der Waals surface area contributed by atoms with Crippen LogP contribution < -0.4 is 21.3 Å². The fourth-order valence-corrected chi connectivity index (χ4v) is 7.04. The maximum Gasteiger partial charge on any atom is 0.425 e. The summed E-state index contributed by atoms with van der Waals surface area (Å²) in [6.45, 7) is -0.487.